The Kier molecular flexibility index (Phi) is 2.60. The third-order valence-corrected chi connectivity index (χ3v) is 3.37. The molecule has 14 heavy (non-hydrogen) atoms. The van der Waals surface area contributed by atoms with Gasteiger partial charge in [0.05, 0.1) is 11.4 Å². The van der Waals surface area contributed by atoms with Crippen LogP contribution in [0, 0.1) is 13.8 Å². The van der Waals surface area contributed by atoms with Crippen LogP contribution in [-0.2, 0) is 5.75 Å². The first-order valence-electron chi connectivity index (χ1n) is 4.21. The second-order valence-corrected chi connectivity index (χ2v) is 4.52. The Morgan fingerprint density at radius 1 is 1.50 bits per heavy atom. The Morgan fingerprint density at radius 2 is 2.29 bits per heavy atom. The van der Waals surface area contributed by atoms with Gasteiger partial charge in [-0.2, -0.15) is 12.6 Å². The molecular formula is C9H10N2OS2. The predicted octanol–water partition coefficient (Wildman–Crippen LogP) is 2.84. The lowest BCUT2D eigenvalue weighted by Crippen LogP contribution is -1.74. The van der Waals surface area contributed by atoms with E-state index in [1.165, 1.54) is 4.88 Å². The first-order chi connectivity index (χ1) is 6.70. The van der Waals surface area contributed by atoms with Crippen molar-refractivity contribution in [3.8, 4) is 10.8 Å². The molecule has 0 aliphatic heterocycles. The van der Waals surface area contributed by atoms with Gasteiger partial charge in [0, 0.05) is 16.7 Å². The topological polar surface area (TPSA) is 38.9 Å². The van der Waals surface area contributed by atoms with Crippen LogP contribution in [0.5, 0.6) is 0 Å². The fraction of sp³-hybridized carbons (Fsp3) is 0.333. The lowest BCUT2D eigenvalue weighted by atomic mass is 10.4. The van der Waals surface area contributed by atoms with Crippen LogP contribution in [0.2, 0.25) is 0 Å². The number of thiol groups is 1. The molecule has 0 aliphatic carbocycles. The number of nitrogens with zero attached hydrogens (tertiary/aromatic N) is 2. The number of aromatic nitrogens is 2. The molecule has 74 valence electrons. The van der Waals surface area contributed by atoms with Crippen LogP contribution < -0.4 is 0 Å². The molecule has 0 aromatic carbocycles. The van der Waals surface area contributed by atoms with Crippen LogP contribution >= 0.6 is 24.0 Å². The normalized spacial score (nSPS) is 10.8. The lowest BCUT2D eigenvalue weighted by Gasteiger charge is -1.82. The van der Waals surface area contributed by atoms with E-state index in [4.69, 9.17) is 4.52 Å². The number of hydrogen-bond donors (Lipinski definition) is 1. The Hall–Kier alpha value is -0.810. The van der Waals surface area contributed by atoms with Crippen LogP contribution in [0.4, 0.5) is 0 Å². The largest absolute Gasteiger partial charge is 0.353 e. The maximum Gasteiger partial charge on any atom is 0.195 e. The van der Waals surface area contributed by atoms with E-state index in [1.54, 1.807) is 11.3 Å². The van der Waals surface area contributed by atoms with Crippen molar-refractivity contribution >= 4 is 24.0 Å². The molecule has 0 N–H and O–H groups in total. The van der Waals surface area contributed by atoms with Gasteiger partial charge in [-0.3, -0.25) is 0 Å². The third kappa shape index (κ3) is 1.69. The van der Waals surface area contributed by atoms with Gasteiger partial charge >= 0.3 is 0 Å². The Labute approximate surface area is 91.6 Å². The van der Waals surface area contributed by atoms with Crippen molar-refractivity contribution in [2.75, 3.05) is 0 Å². The second-order valence-electron chi connectivity index (χ2n) is 3.00. The standard InChI is InChI=1S/C9H10N2OS2/c1-5-6(2)14-9(10-5)8-3-7(4-13)11-12-8/h3,13H,4H2,1-2H3. The van der Waals surface area contributed by atoms with E-state index in [1.807, 2.05) is 19.9 Å². The first-order valence-corrected chi connectivity index (χ1v) is 5.66. The molecule has 0 atom stereocenters. The van der Waals surface area contributed by atoms with Crippen molar-refractivity contribution in [1.82, 2.24) is 10.1 Å². The number of hydrogen-bond acceptors (Lipinski definition) is 5. The van der Waals surface area contributed by atoms with Crippen molar-refractivity contribution in [2.24, 2.45) is 0 Å². The van der Waals surface area contributed by atoms with Gasteiger partial charge in [-0.1, -0.05) is 5.16 Å². The van der Waals surface area contributed by atoms with E-state index >= 15 is 0 Å². The van der Waals surface area contributed by atoms with E-state index in [0.717, 1.165) is 22.2 Å². The summed E-state index contributed by atoms with van der Waals surface area (Å²) in [5.74, 6) is 1.32. The lowest BCUT2D eigenvalue weighted by molar-refractivity contribution is 0.426. The molecule has 3 nitrogen and oxygen atoms in total. The molecule has 0 bridgehead atoms. The van der Waals surface area contributed by atoms with Crippen LogP contribution in [0.1, 0.15) is 16.3 Å². The van der Waals surface area contributed by atoms with Crippen LogP contribution in [-0.4, -0.2) is 10.1 Å². The maximum atomic E-state index is 5.16. The minimum Gasteiger partial charge on any atom is -0.353 e. The average molecular weight is 226 g/mol. The zero-order valence-corrected chi connectivity index (χ0v) is 9.65. The van der Waals surface area contributed by atoms with Gasteiger partial charge < -0.3 is 4.52 Å². The van der Waals surface area contributed by atoms with Gasteiger partial charge in [0.25, 0.3) is 0 Å². The molecule has 0 spiro atoms. The molecule has 0 aliphatic rings. The van der Waals surface area contributed by atoms with Crippen LogP contribution in [0.3, 0.4) is 0 Å². The highest BCUT2D eigenvalue weighted by molar-refractivity contribution is 7.79. The third-order valence-electron chi connectivity index (χ3n) is 1.96. The monoisotopic (exact) mass is 226 g/mol. The van der Waals surface area contributed by atoms with Gasteiger partial charge in [-0.05, 0) is 13.8 Å². The minimum absolute atomic E-state index is 0.590. The van der Waals surface area contributed by atoms with Crippen LogP contribution in [0.15, 0.2) is 10.6 Å². The van der Waals surface area contributed by atoms with Gasteiger partial charge in [-0.25, -0.2) is 4.98 Å². The SMILES string of the molecule is Cc1nc(-c2cc(CS)no2)sc1C. The first kappa shape index (κ1) is 9.73. The van der Waals surface area contributed by atoms with E-state index in [-0.39, 0.29) is 0 Å². The summed E-state index contributed by atoms with van der Waals surface area (Å²) >= 11 is 5.74. The van der Waals surface area contributed by atoms with Gasteiger partial charge in [-0.15, -0.1) is 11.3 Å². The average Bonchev–Trinajstić information content (AvgIpc) is 2.74. The van der Waals surface area contributed by atoms with Crippen molar-refractivity contribution in [3.05, 3.63) is 22.3 Å². The molecule has 2 aromatic rings. The molecule has 0 saturated heterocycles. The fourth-order valence-corrected chi connectivity index (χ4v) is 2.08. The van der Waals surface area contributed by atoms with E-state index in [0.29, 0.717) is 5.75 Å². The summed E-state index contributed by atoms with van der Waals surface area (Å²) < 4.78 is 5.16. The zero-order valence-electron chi connectivity index (χ0n) is 7.94. The van der Waals surface area contributed by atoms with E-state index in [9.17, 15) is 0 Å². The molecule has 0 radical (unpaired) electrons. The Morgan fingerprint density at radius 3 is 2.79 bits per heavy atom. The summed E-state index contributed by atoms with van der Waals surface area (Å²) in [6, 6.07) is 1.88. The fourth-order valence-electron chi connectivity index (χ4n) is 1.07. The highest BCUT2D eigenvalue weighted by Gasteiger charge is 2.11. The maximum absolute atomic E-state index is 5.16. The summed E-state index contributed by atoms with van der Waals surface area (Å²) in [5, 5.41) is 4.75. The summed E-state index contributed by atoms with van der Waals surface area (Å²) in [4.78, 5) is 5.60. The van der Waals surface area contributed by atoms with Crippen molar-refractivity contribution < 1.29 is 4.52 Å². The molecule has 0 unspecified atom stereocenters. The summed E-state index contributed by atoms with van der Waals surface area (Å²) in [6.45, 7) is 4.04. The Balaban J connectivity index is 2.39. The number of aryl methyl sites for hydroxylation is 2. The molecule has 0 amide bonds. The smallest absolute Gasteiger partial charge is 0.195 e. The number of thiazole rings is 1. The molecule has 0 fully saturated rings. The van der Waals surface area contributed by atoms with E-state index in [2.05, 4.69) is 22.8 Å². The van der Waals surface area contributed by atoms with Crippen LogP contribution in [0.25, 0.3) is 10.8 Å². The minimum atomic E-state index is 0.590. The molecule has 2 heterocycles. The van der Waals surface area contributed by atoms with Gasteiger partial charge in [0.15, 0.2) is 10.8 Å². The highest BCUT2D eigenvalue weighted by atomic mass is 32.1. The summed E-state index contributed by atoms with van der Waals surface area (Å²) in [7, 11) is 0. The van der Waals surface area contributed by atoms with Gasteiger partial charge in [0.1, 0.15) is 0 Å². The quantitative estimate of drug-likeness (QED) is 0.800. The molecule has 2 aromatic heterocycles. The molecule has 0 saturated carbocycles. The molecule has 5 heteroatoms. The Bertz CT molecular complexity index is 428. The van der Waals surface area contributed by atoms with Crippen molar-refractivity contribution in [2.45, 2.75) is 19.6 Å². The van der Waals surface area contributed by atoms with Gasteiger partial charge in [0.2, 0.25) is 0 Å². The number of rotatable bonds is 2. The van der Waals surface area contributed by atoms with Crippen molar-refractivity contribution in [3.63, 3.8) is 0 Å². The molecule has 2 rings (SSSR count). The summed E-state index contributed by atoms with van der Waals surface area (Å²) in [6.07, 6.45) is 0. The molecular weight excluding hydrogens is 216 g/mol. The van der Waals surface area contributed by atoms with E-state index < -0.39 is 0 Å². The zero-order chi connectivity index (χ0) is 10.1. The summed E-state index contributed by atoms with van der Waals surface area (Å²) in [5.41, 5.74) is 1.89. The van der Waals surface area contributed by atoms with Crippen molar-refractivity contribution in [1.29, 1.82) is 0 Å². The predicted molar refractivity (Wildman–Crippen MR) is 59.8 cm³/mol. The second kappa shape index (κ2) is 3.74. The highest BCUT2D eigenvalue weighted by Crippen LogP contribution is 2.27.